The number of nitrogens with one attached hydrogen (secondary N) is 1. The van der Waals surface area contributed by atoms with Gasteiger partial charge in [0.15, 0.2) is 0 Å². The molecule has 0 bridgehead atoms. The zero-order valence-electron chi connectivity index (χ0n) is 13.1. The van der Waals surface area contributed by atoms with Crippen LogP contribution in [0, 0.1) is 5.92 Å². The molecule has 1 aliphatic rings. The van der Waals surface area contributed by atoms with Crippen molar-refractivity contribution in [2.45, 2.75) is 25.8 Å². The van der Waals surface area contributed by atoms with Crippen molar-refractivity contribution >= 4 is 5.91 Å². The molecule has 112 valence electrons. The molecule has 1 rings (SSSR count). The predicted molar refractivity (Wildman–Crippen MR) is 79.0 cm³/mol. The van der Waals surface area contributed by atoms with Gasteiger partial charge in [0.25, 0.3) is 0 Å². The number of rotatable bonds is 6. The van der Waals surface area contributed by atoms with Crippen LogP contribution in [0.3, 0.4) is 0 Å². The second-order valence-corrected chi connectivity index (χ2v) is 6.11. The van der Waals surface area contributed by atoms with E-state index in [2.05, 4.69) is 43.2 Å². The zero-order valence-corrected chi connectivity index (χ0v) is 13.1. The summed E-state index contributed by atoms with van der Waals surface area (Å²) in [4.78, 5) is 18.8. The molecule has 5 nitrogen and oxygen atoms in total. The van der Waals surface area contributed by atoms with E-state index in [0.29, 0.717) is 5.92 Å². The Hall–Kier alpha value is -0.650. The van der Waals surface area contributed by atoms with Gasteiger partial charge in [0.2, 0.25) is 5.91 Å². The quantitative estimate of drug-likeness (QED) is 0.753. The smallest absolute Gasteiger partial charge is 0.240 e. The highest BCUT2D eigenvalue weighted by molar-refractivity contribution is 5.82. The number of hydrogen-bond acceptors (Lipinski definition) is 4. The fourth-order valence-electron chi connectivity index (χ4n) is 2.48. The summed E-state index contributed by atoms with van der Waals surface area (Å²) in [5, 5.41) is 3.15. The molecule has 2 atom stereocenters. The fourth-order valence-corrected chi connectivity index (χ4v) is 2.48. The molecule has 0 aromatic carbocycles. The van der Waals surface area contributed by atoms with Crippen LogP contribution in [0.15, 0.2) is 0 Å². The van der Waals surface area contributed by atoms with Gasteiger partial charge < -0.3 is 15.1 Å². The van der Waals surface area contributed by atoms with Gasteiger partial charge in [0.1, 0.15) is 0 Å². The topological polar surface area (TPSA) is 38.8 Å². The maximum atomic E-state index is 12.4. The van der Waals surface area contributed by atoms with Crippen molar-refractivity contribution in [2.24, 2.45) is 5.92 Å². The van der Waals surface area contributed by atoms with E-state index in [9.17, 15) is 4.79 Å². The van der Waals surface area contributed by atoms with Gasteiger partial charge in [0.05, 0.1) is 12.7 Å². The molecule has 1 N–H and O–H groups in total. The van der Waals surface area contributed by atoms with E-state index in [4.69, 9.17) is 0 Å². The first-order chi connectivity index (χ1) is 8.93. The number of nitrogens with zero attached hydrogens (tertiary/aromatic N) is 3. The summed E-state index contributed by atoms with van der Waals surface area (Å²) < 4.78 is 0. The lowest BCUT2D eigenvalue weighted by Gasteiger charge is -2.30. The second kappa shape index (κ2) is 7.82. The standard InChI is InChI=1S/C14H30N4O/c1-12-6-7-13(15-2)14(19)18(10-12)11-17(5)9-8-16(3)4/h12-13,15H,6-11H2,1-5H3. The number of carbonyl (C=O) groups excluding carboxylic acids is 1. The lowest BCUT2D eigenvalue weighted by atomic mass is 10.0. The molecule has 0 aromatic heterocycles. The van der Waals surface area contributed by atoms with Crippen molar-refractivity contribution in [1.29, 1.82) is 0 Å². The molecule has 0 saturated carbocycles. The van der Waals surface area contributed by atoms with Gasteiger partial charge in [-0.15, -0.1) is 0 Å². The molecule has 1 fully saturated rings. The molecule has 0 aliphatic carbocycles. The fraction of sp³-hybridized carbons (Fsp3) is 0.929. The Labute approximate surface area is 117 Å². The van der Waals surface area contributed by atoms with E-state index in [0.717, 1.165) is 39.1 Å². The zero-order chi connectivity index (χ0) is 14.4. The van der Waals surface area contributed by atoms with Gasteiger partial charge in [0, 0.05) is 19.6 Å². The first-order valence-electron chi connectivity index (χ1n) is 7.23. The molecule has 1 amide bonds. The van der Waals surface area contributed by atoms with Gasteiger partial charge in [-0.1, -0.05) is 6.92 Å². The third-order valence-electron chi connectivity index (χ3n) is 3.78. The Kier molecular flexibility index (Phi) is 6.75. The number of likely N-dealkylation sites (tertiary alicyclic amines) is 1. The average Bonchev–Trinajstić information content (AvgIpc) is 2.47. The Bertz CT molecular complexity index is 283. The minimum absolute atomic E-state index is 0.00722. The van der Waals surface area contributed by atoms with Crippen LogP contribution in [0.4, 0.5) is 0 Å². The van der Waals surface area contributed by atoms with Crippen LogP contribution in [0.25, 0.3) is 0 Å². The van der Waals surface area contributed by atoms with Crippen molar-refractivity contribution in [3.63, 3.8) is 0 Å². The van der Waals surface area contributed by atoms with Crippen molar-refractivity contribution in [1.82, 2.24) is 20.0 Å². The monoisotopic (exact) mass is 270 g/mol. The van der Waals surface area contributed by atoms with Crippen LogP contribution >= 0.6 is 0 Å². The molecule has 1 aliphatic heterocycles. The van der Waals surface area contributed by atoms with Gasteiger partial charge >= 0.3 is 0 Å². The Balaban J connectivity index is 2.54. The van der Waals surface area contributed by atoms with Crippen molar-refractivity contribution in [3.8, 4) is 0 Å². The molecule has 1 saturated heterocycles. The van der Waals surface area contributed by atoms with Gasteiger partial charge in [-0.25, -0.2) is 0 Å². The van der Waals surface area contributed by atoms with Crippen molar-refractivity contribution < 1.29 is 4.79 Å². The molecule has 2 unspecified atom stereocenters. The molecule has 5 heteroatoms. The van der Waals surface area contributed by atoms with Crippen molar-refractivity contribution in [2.75, 3.05) is 54.5 Å². The van der Waals surface area contributed by atoms with Crippen LogP contribution in [0.2, 0.25) is 0 Å². The van der Waals surface area contributed by atoms with Crippen LogP contribution in [-0.2, 0) is 4.79 Å². The molecule has 1 heterocycles. The maximum absolute atomic E-state index is 12.4. The van der Waals surface area contributed by atoms with Crippen LogP contribution in [-0.4, -0.2) is 81.1 Å². The summed E-state index contributed by atoms with van der Waals surface area (Å²) in [7, 11) is 8.11. The summed E-state index contributed by atoms with van der Waals surface area (Å²) >= 11 is 0. The van der Waals surface area contributed by atoms with Gasteiger partial charge in [-0.05, 0) is 47.0 Å². The molecule has 0 radical (unpaired) electrons. The van der Waals surface area contributed by atoms with Gasteiger partial charge in [-0.3, -0.25) is 9.69 Å². The number of hydrogen-bond donors (Lipinski definition) is 1. The van der Waals surface area contributed by atoms with Gasteiger partial charge in [-0.2, -0.15) is 0 Å². The summed E-state index contributed by atoms with van der Waals surface area (Å²) in [6.07, 6.45) is 2.07. The number of carbonyl (C=O) groups is 1. The lowest BCUT2D eigenvalue weighted by Crippen LogP contribution is -2.48. The Morgan fingerprint density at radius 2 is 1.95 bits per heavy atom. The molecular weight excluding hydrogens is 240 g/mol. The SMILES string of the molecule is CNC1CCC(C)CN(CN(C)CCN(C)C)C1=O. The summed E-state index contributed by atoms with van der Waals surface area (Å²) in [6, 6.07) is -0.00722. The molecular formula is C14H30N4O. The Morgan fingerprint density at radius 1 is 1.26 bits per heavy atom. The predicted octanol–water partition coefficient (Wildman–Crippen LogP) is 0.284. The normalized spacial score (nSPS) is 25.2. The molecule has 19 heavy (non-hydrogen) atoms. The maximum Gasteiger partial charge on any atom is 0.240 e. The lowest BCUT2D eigenvalue weighted by molar-refractivity contribution is -0.135. The highest BCUT2D eigenvalue weighted by Gasteiger charge is 2.28. The van der Waals surface area contributed by atoms with E-state index in [1.807, 2.05) is 11.9 Å². The van der Waals surface area contributed by atoms with Crippen LogP contribution < -0.4 is 5.32 Å². The third kappa shape index (κ3) is 5.47. The first-order valence-corrected chi connectivity index (χ1v) is 7.23. The first kappa shape index (κ1) is 16.4. The summed E-state index contributed by atoms with van der Waals surface area (Å²) in [6.45, 7) is 5.84. The van der Waals surface area contributed by atoms with Crippen LogP contribution in [0.5, 0.6) is 0 Å². The average molecular weight is 270 g/mol. The van der Waals surface area contributed by atoms with E-state index in [-0.39, 0.29) is 11.9 Å². The summed E-state index contributed by atoms with van der Waals surface area (Å²) in [5.41, 5.74) is 0. The van der Waals surface area contributed by atoms with Crippen molar-refractivity contribution in [3.05, 3.63) is 0 Å². The van der Waals surface area contributed by atoms with Crippen LogP contribution in [0.1, 0.15) is 19.8 Å². The second-order valence-electron chi connectivity index (χ2n) is 6.11. The minimum atomic E-state index is -0.00722. The van der Waals surface area contributed by atoms with E-state index in [1.54, 1.807) is 0 Å². The highest BCUT2D eigenvalue weighted by atomic mass is 16.2. The minimum Gasteiger partial charge on any atom is -0.328 e. The highest BCUT2D eigenvalue weighted by Crippen LogP contribution is 2.17. The largest absolute Gasteiger partial charge is 0.328 e. The molecule has 0 aromatic rings. The van der Waals surface area contributed by atoms with E-state index < -0.39 is 0 Å². The third-order valence-corrected chi connectivity index (χ3v) is 3.78. The van der Waals surface area contributed by atoms with E-state index in [1.165, 1.54) is 0 Å². The Morgan fingerprint density at radius 3 is 2.53 bits per heavy atom. The summed E-state index contributed by atoms with van der Waals surface area (Å²) in [5.74, 6) is 0.841. The number of amides is 1. The number of likely N-dealkylation sites (N-methyl/N-ethyl adjacent to an activating group) is 3. The van der Waals surface area contributed by atoms with E-state index >= 15 is 0 Å². The molecule has 0 spiro atoms.